The van der Waals surface area contributed by atoms with Crippen LogP contribution in [0.3, 0.4) is 0 Å². The van der Waals surface area contributed by atoms with Crippen molar-refractivity contribution >= 4 is 11.5 Å². The maximum atomic E-state index is 12.7. The smallest absolute Gasteiger partial charge is 0.399 e. The lowest BCUT2D eigenvalue weighted by Crippen LogP contribution is -2.23. The molecule has 0 spiro atoms. The van der Waals surface area contributed by atoms with E-state index in [2.05, 4.69) is 4.98 Å². The summed E-state index contributed by atoms with van der Waals surface area (Å²) >= 11 is 0. The molecule has 0 unspecified atom stereocenters. The lowest BCUT2D eigenvalue weighted by Gasteiger charge is -2.23. The topological polar surface area (TPSA) is 42.1 Å². The SMILES string of the molecule is CCN(Cc1ccc(N)cc1)c1cc(C(F)(F)F)ccn1. The predicted octanol–water partition coefficient (Wildman–Crippen LogP) is 3.71. The molecule has 1 aromatic heterocycles. The molecule has 0 radical (unpaired) electrons. The highest BCUT2D eigenvalue weighted by molar-refractivity contribution is 5.44. The van der Waals surface area contributed by atoms with Crippen LogP contribution in [-0.2, 0) is 12.7 Å². The third-order valence-electron chi connectivity index (χ3n) is 3.13. The molecule has 1 heterocycles. The Hall–Kier alpha value is -2.24. The zero-order valence-electron chi connectivity index (χ0n) is 11.6. The quantitative estimate of drug-likeness (QED) is 0.874. The summed E-state index contributed by atoms with van der Waals surface area (Å²) in [5, 5.41) is 0. The number of alkyl halides is 3. The van der Waals surface area contributed by atoms with E-state index in [1.54, 1.807) is 17.0 Å². The van der Waals surface area contributed by atoms with Gasteiger partial charge in [-0.1, -0.05) is 12.1 Å². The van der Waals surface area contributed by atoms with Crippen molar-refractivity contribution in [2.24, 2.45) is 0 Å². The molecule has 2 aromatic rings. The lowest BCUT2D eigenvalue weighted by molar-refractivity contribution is -0.137. The molecule has 0 aliphatic heterocycles. The first kappa shape index (κ1) is 15.2. The molecule has 0 atom stereocenters. The van der Waals surface area contributed by atoms with E-state index in [-0.39, 0.29) is 0 Å². The summed E-state index contributed by atoms with van der Waals surface area (Å²) in [7, 11) is 0. The summed E-state index contributed by atoms with van der Waals surface area (Å²) in [6, 6.07) is 9.28. The van der Waals surface area contributed by atoms with Crippen LogP contribution in [-0.4, -0.2) is 11.5 Å². The zero-order valence-corrected chi connectivity index (χ0v) is 11.6. The second-order valence-corrected chi connectivity index (χ2v) is 4.66. The normalized spacial score (nSPS) is 11.4. The van der Waals surface area contributed by atoms with Gasteiger partial charge in [-0.3, -0.25) is 0 Å². The Balaban J connectivity index is 2.23. The standard InChI is InChI=1S/C15H16F3N3/c1-2-21(10-11-3-5-13(19)6-4-11)14-9-12(7-8-20-14)15(16,17)18/h3-9H,2,10,19H2,1H3. The largest absolute Gasteiger partial charge is 0.416 e. The van der Waals surface area contributed by atoms with Crippen molar-refractivity contribution < 1.29 is 13.2 Å². The molecule has 2 rings (SSSR count). The molecule has 0 saturated heterocycles. The number of benzene rings is 1. The Morgan fingerprint density at radius 1 is 1.14 bits per heavy atom. The number of nitrogens with zero attached hydrogens (tertiary/aromatic N) is 2. The van der Waals surface area contributed by atoms with Gasteiger partial charge in [0.15, 0.2) is 0 Å². The van der Waals surface area contributed by atoms with E-state index in [9.17, 15) is 13.2 Å². The van der Waals surface area contributed by atoms with Gasteiger partial charge < -0.3 is 10.6 Å². The first-order chi connectivity index (χ1) is 9.90. The minimum Gasteiger partial charge on any atom is -0.399 e. The molecule has 112 valence electrons. The van der Waals surface area contributed by atoms with Crippen LogP contribution in [0.4, 0.5) is 24.7 Å². The minimum atomic E-state index is -4.36. The van der Waals surface area contributed by atoms with Crippen LogP contribution >= 0.6 is 0 Å². The van der Waals surface area contributed by atoms with Gasteiger partial charge in [0.1, 0.15) is 5.82 Å². The molecule has 2 N–H and O–H groups in total. The number of aromatic nitrogens is 1. The van der Waals surface area contributed by atoms with Gasteiger partial charge in [-0.15, -0.1) is 0 Å². The molecular formula is C15H16F3N3. The van der Waals surface area contributed by atoms with Crippen LogP contribution in [0.5, 0.6) is 0 Å². The van der Waals surface area contributed by atoms with Crippen LogP contribution in [0.1, 0.15) is 18.1 Å². The zero-order chi connectivity index (χ0) is 15.5. The maximum absolute atomic E-state index is 12.7. The molecule has 0 bridgehead atoms. The molecule has 3 nitrogen and oxygen atoms in total. The number of hydrogen-bond acceptors (Lipinski definition) is 3. The van der Waals surface area contributed by atoms with Crippen molar-refractivity contribution in [3.05, 3.63) is 53.7 Å². The number of nitrogens with two attached hydrogens (primary N) is 1. The van der Waals surface area contributed by atoms with Gasteiger partial charge in [-0.05, 0) is 36.8 Å². The summed E-state index contributed by atoms with van der Waals surface area (Å²) in [4.78, 5) is 5.82. The van der Waals surface area contributed by atoms with Crippen LogP contribution in [0, 0.1) is 0 Å². The molecule has 1 aromatic carbocycles. The Bertz CT molecular complexity index is 594. The third kappa shape index (κ3) is 3.87. The fraction of sp³-hybridized carbons (Fsp3) is 0.267. The molecule has 0 saturated carbocycles. The minimum absolute atomic E-state index is 0.309. The summed E-state index contributed by atoms with van der Waals surface area (Å²) in [6.07, 6.45) is -3.18. The Morgan fingerprint density at radius 3 is 2.38 bits per heavy atom. The van der Waals surface area contributed by atoms with Crippen molar-refractivity contribution in [3.8, 4) is 0 Å². The average molecular weight is 295 g/mol. The van der Waals surface area contributed by atoms with E-state index >= 15 is 0 Å². The number of rotatable bonds is 4. The highest BCUT2D eigenvalue weighted by Gasteiger charge is 2.31. The number of halogens is 3. The van der Waals surface area contributed by atoms with Crippen LogP contribution < -0.4 is 10.6 Å². The molecule has 0 aliphatic rings. The summed E-state index contributed by atoms with van der Waals surface area (Å²) in [5.74, 6) is 0.309. The van der Waals surface area contributed by atoms with Crippen molar-refractivity contribution in [2.75, 3.05) is 17.2 Å². The molecule has 6 heteroatoms. The Morgan fingerprint density at radius 2 is 1.81 bits per heavy atom. The fourth-order valence-electron chi connectivity index (χ4n) is 1.97. The lowest BCUT2D eigenvalue weighted by atomic mass is 10.2. The van der Waals surface area contributed by atoms with Gasteiger partial charge in [0.25, 0.3) is 0 Å². The van der Waals surface area contributed by atoms with Crippen molar-refractivity contribution in [2.45, 2.75) is 19.6 Å². The highest BCUT2D eigenvalue weighted by Crippen LogP contribution is 2.31. The van der Waals surface area contributed by atoms with E-state index < -0.39 is 11.7 Å². The van der Waals surface area contributed by atoms with Crippen molar-refractivity contribution in [1.29, 1.82) is 0 Å². The first-order valence-corrected chi connectivity index (χ1v) is 6.52. The molecule has 0 aliphatic carbocycles. The van der Waals surface area contributed by atoms with Gasteiger partial charge in [0, 0.05) is 25.0 Å². The second-order valence-electron chi connectivity index (χ2n) is 4.66. The van der Waals surface area contributed by atoms with Gasteiger partial charge in [-0.25, -0.2) is 4.98 Å². The molecule has 0 fully saturated rings. The van der Waals surface area contributed by atoms with Crippen molar-refractivity contribution in [3.63, 3.8) is 0 Å². The maximum Gasteiger partial charge on any atom is 0.416 e. The van der Waals surface area contributed by atoms with E-state index in [0.29, 0.717) is 24.6 Å². The van der Waals surface area contributed by atoms with E-state index in [4.69, 9.17) is 5.73 Å². The Labute approximate surface area is 121 Å². The van der Waals surface area contributed by atoms with Gasteiger partial charge in [0.05, 0.1) is 5.56 Å². The second kappa shape index (κ2) is 6.03. The predicted molar refractivity (Wildman–Crippen MR) is 76.8 cm³/mol. The monoisotopic (exact) mass is 295 g/mol. The van der Waals surface area contributed by atoms with Crippen LogP contribution in [0.25, 0.3) is 0 Å². The third-order valence-corrected chi connectivity index (χ3v) is 3.13. The Kier molecular flexibility index (Phi) is 4.35. The average Bonchev–Trinajstić information content (AvgIpc) is 2.46. The summed E-state index contributed by atoms with van der Waals surface area (Å²) < 4.78 is 38.2. The summed E-state index contributed by atoms with van der Waals surface area (Å²) in [5.41, 5.74) is 6.54. The number of anilines is 2. The van der Waals surface area contributed by atoms with Crippen molar-refractivity contribution in [1.82, 2.24) is 4.98 Å². The first-order valence-electron chi connectivity index (χ1n) is 6.52. The van der Waals surface area contributed by atoms with E-state index in [1.807, 2.05) is 19.1 Å². The molecule has 21 heavy (non-hydrogen) atoms. The number of nitrogen functional groups attached to an aromatic ring is 1. The van der Waals surface area contributed by atoms with Gasteiger partial charge >= 0.3 is 6.18 Å². The van der Waals surface area contributed by atoms with E-state index in [1.165, 1.54) is 6.20 Å². The number of hydrogen-bond donors (Lipinski definition) is 1. The number of pyridine rings is 1. The molecular weight excluding hydrogens is 279 g/mol. The van der Waals surface area contributed by atoms with Crippen LogP contribution in [0.15, 0.2) is 42.6 Å². The molecule has 0 amide bonds. The fourth-order valence-corrected chi connectivity index (χ4v) is 1.97. The van der Waals surface area contributed by atoms with E-state index in [0.717, 1.165) is 17.7 Å². The van der Waals surface area contributed by atoms with Crippen LogP contribution in [0.2, 0.25) is 0 Å². The summed E-state index contributed by atoms with van der Waals surface area (Å²) in [6.45, 7) is 2.91. The van der Waals surface area contributed by atoms with Gasteiger partial charge in [0.2, 0.25) is 0 Å². The van der Waals surface area contributed by atoms with Gasteiger partial charge in [-0.2, -0.15) is 13.2 Å². The highest BCUT2D eigenvalue weighted by atomic mass is 19.4.